The summed E-state index contributed by atoms with van der Waals surface area (Å²) < 4.78 is 28.2. The average Bonchev–Trinajstić information content (AvgIpc) is 3.07. The fourth-order valence-corrected chi connectivity index (χ4v) is 2.14. The molecule has 1 N–H and O–H groups in total. The van der Waals surface area contributed by atoms with Crippen molar-refractivity contribution in [2.24, 2.45) is 5.10 Å². The van der Waals surface area contributed by atoms with E-state index in [1.807, 2.05) is 12.1 Å². The van der Waals surface area contributed by atoms with Gasteiger partial charge < -0.3 is 5.11 Å². The molecule has 0 aliphatic carbocycles. The van der Waals surface area contributed by atoms with Crippen molar-refractivity contribution in [2.45, 2.75) is 0 Å². The molecule has 3 rings (SSSR count). The van der Waals surface area contributed by atoms with Gasteiger partial charge in [0.05, 0.1) is 6.21 Å². The molecule has 0 bridgehead atoms. The second-order valence-corrected chi connectivity index (χ2v) is 7.36. The van der Waals surface area contributed by atoms with Gasteiger partial charge in [-0.1, -0.05) is 12.1 Å². The van der Waals surface area contributed by atoms with Crippen molar-refractivity contribution < 1.29 is 30.9 Å². The molecule has 0 unspecified atom stereocenters. The number of aromatic nitrogens is 1. The molecule has 0 saturated heterocycles. The van der Waals surface area contributed by atoms with Crippen LogP contribution in [-0.4, -0.2) is 16.0 Å². The zero-order chi connectivity index (χ0) is 18.2. The van der Waals surface area contributed by atoms with Crippen LogP contribution in [0.1, 0.15) is 5.56 Å². The second-order valence-electron chi connectivity index (χ2n) is 4.78. The summed E-state index contributed by atoms with van der Waals surface area (Å²) in [5.41, 5.74) is 1.07. The van der Waals surface area contributed by atoms with E-state index in [1.54, 1.807) is 35.3 Å². The molecule has 0 aliphatic rings. The summed E-state index contributed by atoms with van der Waals surface area (Å²) in [4.78, 5) is 0. The fourth-order valence-electron chi connectivity index (χ4n) is 2.14. The monoisotopic (exact) mass is 416 g/mol. The first-order valence-electron chi connectivity index (χ1n) is 6.97. The first-order valence-corrected chi connectivity index (χ1v) is 11.3. The number of hydrogen-bond acceptors (Lipinski definition) is 2. The maximum absolute atomic E-state index is 13.3. The predicted octanol–water partition coefficient (Wildman–Crippen LogP) is 5.40. The van der Waals surface area contributed by atoms with Crippen LogP contribution in [0.15, 0.2) is 66.0 Å². The molecule has 0 radical (unpaired) electrons. The standard InChI is InChI=1S/C17H12F2N2O.2ClH.Ti/c18-14-8-13(9-15(19)10-14)16-5-3-4-12(17(16)22)11-20-21-6-1-2-7-21;;;/h1-11,22H;2*1H;/q;;;+2/p-2. The van der Waals surface area contributed by atoms with E-state index in [0.29, 0.717) is 11.1 Å². The third-order valence-electron chi connectivity index (χ3n) is 3.16. The third-order valence-corrected chi connectivity index (χ3v) is 3.16. The summed E-state index contributed by atoms with van der Waals surface area (Å²) in [5.74, 6) is -1.47. The van der Waals surface area contributed by atoms with E-state index in [1.165, 1.54) is 18.3 Å². The zero-order valence-corrected chi connectivity index (χ0v) is 15.8. The first-order chi connectivity index (χ1) is 12.0. The van der Waals surface area contributed by atoms with Crippen molar-refractivity contribution in [1.82, 2.24) is 4.68 Å². The Morgan fingerprint density at radius 2 is 1.60 bits per heavy atom. The zero-order valence-electron chi connectivity index (χ0n) is 12.7. The van der Waals surface area contributed by atoms with Crippen LogP contribution in [-0.2, 0) is 17.0 Å². The molecule has 0 atom stereocenters. The summed E-state index contributed by atoms with van der Waals surface area (Å²) in [6.45, 7) is 0. The fraction of sp³-hybridized carbons (Fsp3) is 0. The molecule has 3 aromatic rings. The van der Waals surface area contributed by atoms with Crippen LogP contribution in [0.25, 0.3) is 11.1 Å². The average molecular weight is 417 g/mol. The van der Waals surface area contributed by atoms with Crippen molar-refractivity contribution in [3.8, 4) is 16.9 Å². The number of aromatic hydroxyl groups is 1. The van der Waals surface area contributed by atoms with Gasteiger partial charge in [-0.15, -0.1) is 0 Å². The Morgan fingerprint density at radius 1 is 1.00 bits per heavy atom. The molecule has 0 amide bonds. The van der Waals surface area contributed by atoms with Gasteiger partial charge in [-0.3, -0.25) is 0 Å². The van der Waals surface area contributed by atoms with Gasteiger partial charge >= 0.3 is 35.6 Å². The summed E-state index contributed by atoms with van der Waals surface area (Å²) in [6.07, 6.45) is 4.98. The van der Waals surface area contributed by atoms with Crippen molar-refractivity contribution in [1.29, 1.82) is 0 Å². The number of phenolic OH excluding ortho intramolecular Hbond substituents is 1. The van der Waals surface area contributed by atoms with Crippen molar-refractivity contribution in [3.63, 3.8) is 0 Å². The van der Waals surface area contributed by atoms with E-state index in [4.69, 9.17) is 18.6 Å². The Kier molecular flexibility index (Phi) is 7.65. The van der Waals surface area contributed by atoms with Crippen LogP contribution in [0.3, 0.4) is 0 Å². The molecule has 1 heterocycles. The number of para-hydroxylation sites is 1. The Hall–Kier alpha value is -1.66. The van der Waals surface area contributed by atoms with Crippen molar-refractivity contribution in [2.75, 3.05) is 0 Å². The molecule has 0 saturated carbocycles. The normalized spacial score (nSPS) is 10.4. The SMILES string of the molecule is Oc1c(C=Nn2cccc2)cccc1-c1cc(F)cc(F)c1.[Cl][Ti][Cl]. The van der Waals surface area contributed by atoms with E-state index in [-0.39, 0.29) is 11.3 Å². The second kappa shape index (κ2) is 9.73. The third kappa shape index (κ3) is 5.68. The Bertz CT molecular complexity index is 838. The van der Waals surface area contributed by atoms with Crippen LogP contribution in [0, 0.1) is 11.6 Å². The number of hydrogen-bond donors (Lipinski definition) is 1. The van der Waals surface area contributed by atoms with Crippen molar-refractivity contribution >= 4 is 24.8 Å². The summed E-state index contributed by atoms with van der Waals surface area (Å²) in [5, 5.41) is 14.5. The van der Waals surface area contributed by atoms with Gasteiger partial charge in [-0.2, -0.15) is 5.10 Å². The van der Waals surface area contributed by atoms with E-state index in [2.05, 4.69) is 5.10 Å². The molecule has 25 heavy (non-hydrogen) atoms. The summed E-state index contributed by atoms with van der Waals surface area (Å²) >= 11 is -0.556. The number of benzene rings is 2. The number of rotatable bonds is 3. The van der Waals surface area contributed by atoms with E-state index >= 15 is 0 Å². The van der Waals surface area contributed by atoms with E-state index in [0.717, 1.165) is 6.07 Å². The van der Waals surface area contributed by atoms with E-state index in [9.17, 15) is 13.9 Å². The molecule has 128 valence electrons. The number of phenols is 1. The van der Waals surface area contributed by atoms with Crippen molar-refractivity contribution in [3.05, 3.63) is 78.1 Å². The van der Waals surface area contributed by atoms with Gasteiger partial charge in [-0.05, 0) is 35.9 Å². The Morgan fingerprint density at radius 3 is 2.20 bits per heavy atom. The van der Waals surface area contributed by atoms with Gasteiger partial charge in [0.1, 0.15) is 17.4 Å². The summed E-state index contributed by atoms with van der Waals surface area (Å²) in [6, 6.07) is 11.7. The molecule has 2 aromatic carbocycles. The topological polar surface area (TPSA) is 37.5 Å². The summed E-state index contributed by atoms with van der Waals surface area (Å²) in [7, 11) is 9.78. The maximum atomic E-state index is 13.3. The molecular weight excluding hydrogens is 405 g/mol. The van der Waals surface area contributed by atoms with Crippen LogP contribution in [0.5, 0.6) is 5.75 Å². The van der Waals surface area contributed by atoms with Crippen LogP contribution in [0.2, 0.25) is 0 Å². The molecule has 0 fully saturated rings. The minimum absolute atomic E-state index is 0.0802. The van der Waals surface area contributed by atoms with Crippen LogP contribution < -0.4 is 0 Å². The predicted molar refractivity (Wildman–Crippen MR) is 92.6 cm³/mol. The molecule has 0 spiro atoms. The van der Waals surface area contributed by atoms with E-state index < -0.39 is 28.7 Å². The molecule has 3 nitrogen and oxygen atoms in total. The minimum atomic E-state index is -0.694. The molecular formula is C17H12Cl2F2N2OTi. The van der Waals surface area contributed by atoms with Gasteiger partial charge in [0, 0.05) is 29.6 Å². The molecule has 8 heteroatoms. The number of nitrogens with zero attached hydrogens (tertiary/aromatic N) is 2. The van der Waals surface area contributed by atoms with Gasteiger partial charge in [0.15, 0.2) is 0 Å². The Labute approximate surface area is 160 Å². The first kappa shape index (κ1) is 19.7. The van der Waals surface area contributed by atoms with Gasteiger partial charge in [0.2, 0.25) is 0 Å². The molecule has 0 aliphatic heterocycles. The van der Waals surface area contributed by atoms with Gasteiger partial charge in [0.25, 0.3) is 0 Å². The Balaban J connectivity index is 0.000000701. The molecule has 1 aromatic heterocycles. The quantitative estimate of drug-likeness (QED) is 0.450. The van der Waals surface area contributed by atoms with Crippen LogP contribution in [0.4, 0.5) is 8.78 Å². The van der Waals surface area contributed by atoms with Crippen LogP contribution >= 0.6 is 18.6 Å². The van der Waals surface area contributed by atoms with Gasteiger partial charge in [-0.25, -0.2) is 13.5 Å². The number of halogens is 4.